The second-order valence-electron chi connectivity index (χ2n) is 5.46. The number of hydrogen-bond acceptors (Lipinski definition) is 3. The van der Waals surface area contributed by atoms with Gasteiger partial charge in [0.15, 0.2) is 0 Å². The molecular weight excluding hydrogens is 202 g/mol. The molecule has 0 saturated carbocycles. The number of nitrogens with zero attached hydrogens (tertiary/aromatic N) is 3. The third-order valence-electron chi connectivity index (χ3n) is 2.93. The van der Waals surface area contributed by atoms with Crippen LogP contribution in [0.1, 0.15) is 46.7 Å². The van der Waals surface area contributed by atoms with Gasteiger partial charge in [-0.25, -0.2) is 4.68 Å². The van der Waals surface area contributed by atoms with E-state index in [1.165, 1.54) is 0 Å². The zero-order valence-corrected chi connectivity index (χ0v) is 11.2. The lowest BCUT2D eigenvalue weighted by molar-refractivity contribution is -0.0127. The summed E-state index contributed by atoms with van der Waals surface area (Å²) in [6, 6.07) is 0. The SMILES string of the molecule is CCc1cn(C(C)(C)CC(C)(C)OC)nn1. The summed E-state index contributed by atoms with van der Waals surface area (Å²) >= 11 is 0. The summed E-state index contributed by atoms with van der Waals surface area (Å²) in [4.78, 5) is 0. The Kier molecular flexibility index (Phi) is 3.73. The first-order chi connectivity index (χ1) is 7.30. The maximum Gasteiger partial charge on any atom is 0.0824 e. The fourth-order valence-electron chi connectivity index (χ4n) is 1.95. The Hall–Kier alpha value is -0.900. The molecule has 0 atom stereocenters. The molecule has 1 heterocycles. The van der Waals surface area contributed by atoms with Crippen molar-refractivity contribution in [3.8, 4) is 0 Å². The van der Waals surface area contributed by atoms with Crippen molar-refractivity contribution in [2.75, 3.05) is 7.11 Å². The van der Waals surface area contributed by atoms with Crippen molar-refractivity contribution >= 4 is 0 Å². The maximum absolute atomic E-state index is 5.47. The molecule has 0 spiro atoms. The van der Waals surface area contributed by atoms with Crippen molar-refractivity contribution in [1.29, 1.82) is 0 Å². The smallest absolute Gasteiger partial charge is 0.0824 e. The van der Waals surface area contributed by atoms with Crippen LogP contribution in [0.3, 0.4) is 0 Å². The molecule has 0 bridgehead atoms. The summed E-state index contributed by atoms with van der Waals surface area (Å²) in [6.07, 6.45) is 3.83. The molecule has 0 unspecified atom stereocenters. The molecule has 4 heteroatoms. The normalized spacial score (nSPS) is 13.1. The summed E-state index contributed by atoms with van der Waals surface area (Å²) in [5.41, 5.74) is 0.796. The molecule has 1 rings (SSSR count). The van der Waals surface area contributed by atoms with Crippen LogP contribution in [0.5, 0.6) is 0 Å². The van der Waals surface area contributed by atoms with Gasteiger partial charge in [0.25, 0.3) is 0 Å². The van der Waals surface area contributed by atoms with Gasteiger partial charge >= 0.3 is 0 Å². The van der Waals surface area contributed by atoms with E-state index in [2.05, 4.69) is 44.9 Å². The lowest BCUT2D eigenvalue weighted by Gasteiger charge is -2.33. The van der Waals surface area contributed by atoms with Crippen LogP contribution < -0.4 is 0 Å². The van der Waals surface area contributed by atoms with E-state index in [0.29, 0.717) is 0 Å². The number of aryl methyl sites for hydroxylation is 1. The first kappa shape index (κ1) is 13.2. The summed E-state index contributed by atoms with van der Waals surface area (Å²) in [6.45, 7) is 10.6. The molecule has 0 fully saturated rings. The monoisotopic (exact) mass is 225 g/mol. The summed E-state index contributed by atoms with van der Waals surface area (Å²) in [5.74, 6) is 0. The lowest BCUT2D eigenvalue weighted by atomic mass is 9.89. The Morgan fingerprint density at radius 3 is 2.38 bits per heavy atom. The highest BCUT2D eigenvalue weighted by Crippen LogP contribution is 2.28. The molecule has 92 valence electrons. The van der Waals surface area contributed by atoms with Crippen LogP contribution in [0.4, 0.5) is 0 Å². The van der Waals surface area contributed by atoms with Gasteiger partial charge in [-0.15, -0.1) is 5.10 Å². The molecule has 0 aliphatic carbocycles. The molecule has 0 radical (unpaired) electrons. The Balaban J connectivity index is 2.84. The first-order valence-electron chi connectivity index (χ1n) is 5.77. The van der Waals surface area contributed by atoms with Crippen LogP contribution in [0.25, 0.3) is 0 Å². The van der Waals surface area contributed by atoms with Crippen molar-refractivity contribution in [1.82, 2.24) is 15.0 Å². The van der Waals surface area contributed by atoms with Crippen molar-refractivity contribution in [2.45, 2.75) is 58.6 Å². The minimum absolute atomic E-state index is 0.0834. The molecule has 0 aromatic carbocycles. The van der Waals surface area contributed by atoms with Crippen LogP contribution in [-0.2, 0) is 16.7 Å². The van der Waals surface area contributed by atoms with Gasteiger partial charge < -0.3 is 4.74 Å². The van der Waals surface area contributed by atoms with Gasteiger partial charge in [-0.1, -0.05) is 12.1 Å². The zero-order chi connectivity index (χ0) is 12.4. The van der Waals surface area contributed by atoms with Crippen molar-refractivity contribution in [3.05, 3.63) is 11.9 Å². The van der Waals surface area contributed by atoms with E-state index in [4.69, 9.17) is 4.74 Å². The fraction of sp³-hybridized carbons (Fsp3) is 0.833. The highest BCUT2D eigenvalue weighted by molar-refractivity contribution is 4.95. The average Bonchev–Trinajstić information content (AvgIpc) is 2.65. The van der Waals surface area contributed by atoms with Crippen LogP contribution in [0, 0.1) is 0 Å². The Morgan fingerprint density at radius 2 is 1.94 bits per heavy atom. The van der Waals surface area contributed by atoms with Gasteiger partial charge in [0.2, 0.25) is 0 Å². The maximum atomic E-state index is 5.47. The summed E-state index contributed by atoms with van der Waals surface area (Å²) < 4.78 is 7.40. The second kappa shape index (κ2) is 4.53. The van der Waals surface area contributed by atoms with Crippen LogP contribution in [-0.4, -0.2) is 27.7 Å². The van der Waals surface area contributed by atoms with Gasteiger partial charge in [-0.2, -0.15) is 0 Å². The van der Waals surface area contributed by atoms with Gasteiger partial charge in [0, 0.05) is 19.7 Å². The zero-order valence-electron chi connectivity index (χ0n) is 11.2. The molecular formula is C12H23N3O. The molecule has 4 nitrogen and oxygen atoms in total. The molecule has 1 aromatic heterocycles. The van der Waals surface area contributed by atoms with Gasteiger partial charge in [0.05, 0.1) is 16.8 Å². The molecule has 0 amide bonds. The van der Waals surface area contributed by atoms with Gasteiger partial charge in [-0.3, -0.25) is 0 Å². The number of aromatic nitrogens is 3. The van der Waals surface area contributed by atoms with Crippen molar-refractivity contribution < 1.29 is 4.74 Å². The van der Waals surface area contributed by atoms with E-state index in [1.807, 2.05) is 10.9 Å². The Labute approximate surface area is 98.0 Å². The average molecular weight is 225 g/mol. The summed E-state index contributed by atoms with van der Waals surface area (Å²) in [5, 5.41) is 8.32. The highest BCUT2D eigenvalue weighted by Gasteiger charge is 2.31. The molecule has 0 aliphatic heterocycles. The third-order valence-corrected chi connectivity index (χ3v) is 2.93. The van der Waals surface area contributed by atoms with E-state index in [1.54, 1.807) is 7.11 Å². The summed E-state index contributed by atoms with van der Waals surface area (Å²) in [7, 11) is 1.74. The molecule has 1 aromatic rings. The Bertz CT molecular complexity index is 342. The largest absolute Gasteiger partial charge is 0.379 e. The van der Waals surface area contributed by atoms with Gasteiger partial charge in [0.1, 0.15) is 0 Å². The van der Waals surface area contributed by atoms with Crippen LogP contribution >= 0.6 is 0 Å². The van der Waals surface area contributed by atoms with E-state index < -0.39 is 0 Å². The predicted molar refractivity (Wildman–Crippen MR) is 64.4 cm³/mol. The standard InChI is InChI=1S/C12H23N3O/c1-7-10-8-15(14-13-10)11(2,3)9-12(4,5)16-6/h8H,7,9H2,1-6H3. The molecule has 0 saturated heterocycles. The predicted octanol–water partition coefficient (Wildman–Crippen LogP) is 2.39. The number of rotatable bonds is 5. The third kappa shape index (κ3) is 3.04. The Morgan fingerprint density at radius 1 is 1.31 bits per heavy atom. The molecule has 16 heavy (non-hydrogen) atoms. The van der Waals surface area contributed by atoms with E-state index in [-0.39, 0.29) is 11.1 Å². The van der Waals surface area contributed by atoms with Gasteiger partial charge in [-0.05, 0) is 34.1 Å². The van der Waals surface area contributed by atoms with Crippen LogP contribution in [0.15, 0.2) is 6.20 Å². The number of methoxy groups -OCH3 is 1. The minimum Gasteiger partial charge on any atom is -0.379 e. The minimum atomic E-state index is -0.151. The van der Waals surface area contributed by atoms with E-state index >= 15 is 0 Å². The molecule has 0 aliphatic rings. The topological polar surface area (TPSA) is 39.9 Å². The van der Waals surface area contributed by atoms with E-state index in [9.17, 15) is 0 Å². The van der Waals surface area contributed by atoms with Crippen molar-refractivity contribution in [3.63, 3.8) is 0 Å². The lowest BCUT2D eigenvalue weighted by Crippen LogP contribution is -2.37. The molecule has 0 N–H and O–H groups in total. The fourth-order valence-corrected chi connectivity index (χ4v) is 1.95. The number of ether oxygens (including phenoxy) is 1. The quantitative estimate of drug-likeness (QED) is 0.772. The van der Waals surface area contributed by atoms with Crippen LogP contribution in [0.2, 0.25) is 0 Å². The second-order valence-corrected chi connectivity index (χ2v) is 5.46. The van der Waals surface area contributed by atoms with E-state index in [0.717, 1.165) is 18.5 Å². The van der Waals surface area contributed by atoms with Crippen molar-refractivity contribution in [2.24, 2.45) is 0 Å². The first-order valence-corrected chi connectivity index (χ1v) is 5.77. The number of hydrogen-bond donors (Lipinski definition) is 0. The highest BCUT2D eigenvalue weighted by atomic mass is 16.5.